The first kappa shape index (κ1) is 10.5. The van der Waals surface area contributed by atoms with Crippen LogP contribution < -0.4 is 5.32 Å². The summed E-state index contributed by atoms with van der Waals surface area (Å²) in [6, 6.07) is 5.29. The van der Waals surface area contributed by atoms with Crippen molar-refractivity contribution in [3.8, 4) is 6.07 Å². The summed E-state index contributed by atoms with van der Waals surface area (Å²) < 4.78 is 26.1. The summed E-state index contributed by atoms with van der Waals surface area (Å²) in [5.41, 5.74) is -0.171. The fourth-order valence-corrected chi connectivity index (χ4v) is 1.07. The van der Waals surface area contributed by atoms with Gasteiger partial charge in [-0.2, -0.15) is 5.26 Å². The Bertz CT molecular complexity index is 337. The molecule has 0 radical (unpaired) electrons. The molecule has 0 saturated carbocycles. The first-order valence-corrected chi connectivity index (χ1v) is 4.22. The van der Waals surface area contributed by atoms with Crippen LogP contribution in [0.3, 0.4) is 0 Å². The van der Waals surface area contributed by atoms with Crippen molar-refractivity contribution in [1.29, 1.82) is 5.26 Å². The Morgan fingerprint density at radius 1 is 1.43 bits per heavy atom. The molecule has 0 aliphatic rings. The maximum absolute atomic E-state index is 13.1. The molecule has 0 bridgehead atoms. The van der Waals surface area contributed by atoms with Gasteiger partial charge in [-0.15, -0.1) is 0 Å². The fraction of sp³-hybridized carbons (Fsp3) is 0.300. The molecular formula is C10H10F2N2. The summed E-state index contributed by atoms with van der Waals surface area (Å²) in [5.74, 6) is -1.29. The van der Waals surface area contributed by atoms with Gasteiger partial charge in [-0.3, -0.25) is 0 Å². The van der Waals surface area contributed by atoms with Gasteiger partial charge in [0, 0.05) is 6.04 Å². The van der Waals surface area contributed by atoms with Crippen molar-refractivity contribution in [2.75, 3.05) is 5.32 Å². The van der Waals surface area contributed by atoms with E-state index in [9.17, 15) is 8.78 Å². The number of anilines is 1. The lowest BCUT2D eigenvalue weighted by atomic mass is 10.2. The molecule has 0 heterocycles. The van der Waals surface area contributed by atoms with Gasteiger partial charge in [0.2, 0.25) is 0 Å². The van der Waals surface area contributed by atoms with Gasteiger partial charge in [-0.1, -0.05) is 6.07 Å². The fourth-order valence-electron chi connectivity index (χ4n) is 1.07. The van der Waals surface area contributed by atoms with E-state index in [4.69, 9.17) is 5.26 Å². The van der Waals surface area contributed by atoms with E-state index in [-0.39, 0.29) is 18.2 Å². The predicted molar refractivity (Wildman–Crippen MR) is 49.7 cm³/mol. The summed E-state index contributed by atoms with van der Waals surface area (Å²) in [7, 11) is 0. The second-order valence-corrected chi connectivity index (χ2v) is 3.00. The number of para-hydroxylation sites is 1. The van der Waals surface area contributed by atoms with E-state index in [0.717, 1.165) is 0 Å². The molecule has 2 nitrogen and oxygen atoms in total. The Morgan fingerprint density at radius 2 is 2.00 bits per heavy atom. The zero-order valence-electron chi connectivity index (χ0n) is 7.72. The molecule has 14 heavy (non-hydrogen) atoms. The molecule has 4 heteroatoms. The molecule has 0 aliphatic heterocycles. The number of benzene rings is 1. The summed E-state index contributed by atoms with van der Waals surface area (Å²) in [4.78, 5) is 0. The number of nitrogens with one attached hydrogen (secondary N) is 1. The first-order valence-electron chi connectivity index (χ1n) is 4.22. The zero-order valence-corrected chi connectivity index (χ0v) is 7.72. The molecule has 1 N–H and O–H groups in total. The monoisotopic (exact) mass is 196 g/mol. The molecule has 0 aliphatic carbocycles. The van der Waals surface area contributed by atoms with Crippen LogP contribution in [0, 0.1) is 23.0 Å². The van der Waals surface area contributed by atoms with E-state index < -0.39 is 11.6 Å². The molecule has 1 rings (SSSR count). The molecule has 0 amide bonds. The van der Waals surface area contributed by atoms with Crippen molar-refractivity contribution in [3.05, 3.63) is 29.8 Å². The largest absolute Gasteiger partial charge is 0.377 e. The Balaban J connectivity index is 2.81. The van der Waals surface area contributed by atoms with Gasteiger partial charge >= 0.3 is 0 Å². The van der Waals surface area contributed by atoms with Crippen LogP contribution in [0.15, 0.2) is 18.2 Å². The van der Waals surface area contributed by atoms with Crippen LogP contribution in [0.2, 0.25) is 0 Å². The molecule has 0 aromatic heterocycles. The van der Waals surface area contributed by atoms with Crippen molar-refractivity contribution in [3.63, 3.8) is 0 Å². The lowest BCUT2D eigenvalue weighted by Gasteiger charge is -2.12. The summed E-state index contributed by atoms with van der Waals surface area (Å²) in [6.45, 7) is 1.69. The standard InChI is InChI=1S/C10H10F2N2/c1-7(5-6-13)14-10-8(11)3-2-4-9(10)12/h2-4,7,14H,5H2,1H3. The molecular weight excluding hydrogens is 186 g/mol. The molecule has 1 atom stereocenters. The second-order valence-electron chi connectivity index (χ2n) is 3.00. The van der Waals surface area contributed by atoms with E-state index in [2.05, 4.69) is 5.32 Å². The van der Waals surface area contributed by atoms with Crippen molar-refractivity contribution >= 4 is 5.69 Å². The number of nitriles is 1. The van der Waals surface area contributed by atoms with E-state index in [1.165, 1.54) is 18.2 Å². The maximum atomic E-state index is 13.1. The predicted octanol–water partition coefficient (Wildman–Crippen LogP) is 2.68. The van der Waals surface area contributed by atoms with Crippen molar-refractivity contribution in [2.24, 2.45) is 0 Å². The maximum Gasteiger partial charge on any atom is 0.149 e. The highest BCUT2D eigenvalue weighted by molar-refractivity contribution is 5.46. The van der Waals surface area contributed by atoms with Crippen molar-refractivity contribution < 1.29 is 8.78 Å². The Kier molecular flexibility index (Phi) is 3.41. The minimum atomic E-state index is -0.644. The second kappa shape index (κ2) is 4.56. The van der Waals surface area contributed by atoms with Gasteiger partial charge in [-0.25, -0.2) is 8.78 Å². The number of halogens is 2. The topological polar surface area (TPSA) is 35.8 Å². The first-order chi connectivity index (χ1) is 6.65. The van der Waals surface area contributed by atoms with E-state index in [1.54, 1.807) is 6.92 Å². The third-order valence-corrected chi connectivity index (χ3v) is 1.75. The van der Waals surface area contributed by atoms with E-state index in [0.29, 0.717) is 0 Å². The number of nitrogens with zero attached hydrogens (tertiary/aromatic N) is 1. The average Bonchev–Trinajstić information content (AvgIpc) is 2.12. The SMILES string of the molecule is CC(CC#N)Nc1c(F)cccc1F. The Labute approximate surface area is 81.2 Å². The highest BCUT2D eigenvalue weighted by Crippen LogP contribution is 2.19. The summed E-state index contributed by atoms with van der Waals surface area (Å²) in [6.07, 6.45) is 0.202. The normalized spacial score (nSPS) is 11.9. The van der Waals surface area contributed by atoms with Crippen LogP contribution >= 0.6 is 0 Å². The summed E-state index contributed by atoms with van der Waals surface area (Å²) in [5, 5.41) is 11.0. The van der Waals surface area contributed by atoms with E-state index >= 15 is 0 Å². The number of hydrogen-bond acceptors (Lipinski definition) is 2. The van der Waals surface area contributed by atoms with Crippen molar-refractivity contribution in [1.82, 2.24) is 0 Å². The third-order valence-electron chi connectivity index (χ3n) is 1.75. The van der Waals surface area contributed by atoms with Crippen LogP contribution in [0.1, 0.15) is 13.3 Å². The van der Waals surface area contributed by atoms with E-state index in [1.807, 2.05) is 6.07 Å². The zero-order chi connectivity index (χ0) is 10.6. The lowest BCUT2D eigenvalue weighted by molar-refractivity contribution is 0.583. The van der Waals surface area contributed by atoms with Gasteiger partial charge in [0.1, 0.15) is 17.3 Å². The van der Waals surface area contributed by atoms with Gasteiger partial charge in [-0.05, 0) is 19.1 Å². The van der Waals surface area contributed by atoms with Crippen molar-refractivity contribution in [2.45, 2.75) is 19.4 Å². The smallest absolute Gasteiger partial charge is 0.149 e. The average molecular weight is 196 g/mol. The van der Waals surface area contributed by atoms with Gasteiger partial charge < -0.3 is 5.32 Å². The molecule has 0 spiro atoms. The van der Waals surface area contributed by atoms with Crippen LogP contribution in [0.5, 0.6) is 0 Å². The highest BCUT2D eigenvalue weighted by Gasteiger charge is 2.10. The van der Waals surface area contributed by atoms with Gasteiger partial charge in [0.15, 0.2) is 0 Å². The Hall–Kier alpha value is -1.63. The number of rotatable bonds is 3. The molecule has 0 fully saturated rings. The number of hydrogen-bond donors (Lipinski definition) is 1. The quantitative estimate of drug-likeness (QED) is 0.806. The van der Waals surface area contributed by atoms with Gasteiger partial charge in [0.25, 0.3) is 0 Å². The van der Waals surface area contributed by atoms with Crippen LogP contribution in [-0.2, 0) is 0 Å². The molecule has 0 saturated heterocycles. The molecule has 1 aromatic rings. The molecule has 74 valence electrons. The van der Waals surface area contributed by atoms with Crippen LogP contribution in [-0.4, -0.2) is 6.04 Å². The minimum absolute atomic E-state index is 0.171. The van der Waals surface area contributed by atoms with Crippen LogP contribution in [0.4, 0.5) is 14.5 Å². The van der Waals surface area contributed by atoms with Crippen LogP contribution in [0.25, 0.3) is 0 Å². The molecule has 1 aromatic carbocycles. The lowest BCUT2D eigenvalue weighted by Crippen LogP contribution is -2.16. The molecule has 1 unspecified atom stereocenters. The Morgan fingerprint density at radius 3 is 2.50 bits per heavy atom. The highest BCUT2D eigenvalue weighted by atomic mass is 19.1. The third kappa shape index (κ3) is 2.43. The summed E-state index contributed by atoms with van der Waals surface area (Å²) >= 11 is 0. The van der Waals surface area contributed by atoms with Gasteiger partial charge in [0.05, 0.1) is 12.5 Å². The minimum Gasteiger partial charge on any atom is -0.377 e.